The third kappa shape index (κ3) is 4.65. The van der Waals surface area contributed by atoms with Crippen LogP contribution in [-0.2, 0) is 9.53 Å². The summed E-state index contributed by atoms with van der Waals surface area (Å²) in [5.74, 6) is 0.701. The lowest BCUT2D eigenvalue weighted by Gasteiger charge is -2.27. The van der Waals surface area contributed by atoms with Crippen molar-refractivity contribution in [1.82, 2.24) is 5.32 Å². The first kappa shape index (κ1) is 12.5. The molecule has 0 aromatic heterocycles. The molecule has 0 heterocycles. The van der Waals surface area contributed by atoms with Gasteiger partial charge in [-0.05, 0) is 52.0 Å². The number of hydrogen-bond donors (Lipinski definition) is 1. The fraction of sp³-hybridized carbons (Fsp3) is 0.917. The first-order valence-electron chi connectivity index (χ1n) is 6.09. The lowest BCUT2D eigenvalue weighted by Crippen LogP contribution is -2.30. The number of nitrogens with one attached hydrogen (secondary N) is 1. The minimum atomic E-state index is -0.0340. The fourth-order valence-electron chi connectivity index (χ4n) is 2.29. The van der Waals surface area contributed by atoms with Crippen molar-refractivity contribution in [1.29, 1.82) is 0 Å². The Kier molecular flexibility index (Phi) is 5.69. The van der Waals surface area contributed by atoms with E-state index in [2.05, 4.69) is 5.32 Å². The van der Waals surface area contributed by atoms with E-state index in [4.69, 9.17) is 4.74 Å². The summed E-state index contributed by atoms with van der Waals surface area (Å²) in [6.07, 6.45) is 6.63. The second-order valence-electron chi connectivity index (χ2n) is 4.35. The summed E-state index contributed by atoms with van der Waals surface area (Å²) < 4.78 is 4.92. The molecule has 1 fully saturated rings. The number of carbonyl (C=O) groups excluding carboxylic acids is 1. The Labute approximate surface area is 92.6 Å². The van der Waals surface area contributed by atoms with Gasteiger partial charge >= 0.3 is 5.97 Å². The molecule has 1 saturated carbocycles. The third-order valence-corrected chi connectivity index (χ3v) is 3.32. The zero-order valence-corrected chi connectivity index (χ0v) is 9.92. The van der Waals surface area contributed by atoms with Crippen molar-refractivity contribution >= 4 is 5.97 Å². The highest BCUT2D eigenvalue weighted by atomic mass is 16.5. The highest BCUT2D eigenvalue weighted by molar-refractivity contribution is 5.69. The molecule has 0 unspecified atom stereocenters. The molecular formula is C12H23NO2. The number of esters is 1. The molecule has 0 amide bonds. The van der Waals surface area contributed by atoms with Gasteiger partial charge in [-0.25, -0.2) is 0 Å². The number of ether oxygens (including phenoxy) is 1. The highest BCUT2D eigenvalue weighted by Crippen LogP contribution is 2.27. The van der Waals surface area contributed by atoms with Crippen molar-refractivity contribution in [3.05, 3.63) is 0 Å². The van der Waals surface area contributed by atoms with Gasteiger partial charge in [-0.2, -0.15) is 0 Å². The SMILES string of the molecule is CCOC(=O)CCC1CCC(NC)CC1. The Balaban J connectivity index is 2.10. The zero-order chi connectivity index (χ0) is 11.1. The third-order valence-electron chi connectivity index (χ3n) is 3.32. The Morgan fingerprint density at radius 1 is 1.33 bits per heavy atom. The van der Waals surface area contributed by atoms with Gasteiger partial charge in [0.15, 0.2) is 0 Å². The minimum Gasteiger partial charge on any atom is -0.466 e. The van der Waals surface area contributed by atoms with Gasteiger partial charge in [0, 0.05) is 12.5 Å². The maximum absolute atomic E-state index is 11.2. The molecule has 0 aliphatic heterocycles. The van der Waals surface area contributed by atoms with Crippen LogP contribution in [0.2, 0.25) is 0 Å². The lowest BCUT2D eigenvalue weighted by atomic mass is 9.83. The molecule has 0 radical (unpaired) electrons. The second kappa shape index (κ2) is 6.83. The predicted octanol–water partition coefficient (Wildman–Crippen LogP) is 2.11. The van der Waals surface area contributed by atoms with Gasteiger partial charge in [0.05, 0.1) is 6.61 Å². The van der Waals surface area contributed by atoms with Crippen LogP contribution >= 0.6 is 0 Å². The number of rotatable bonds is 5. The van der Waals surface area contributed by atoms with Crippen LogP contribution in [0.1, 0.15) is 45.4 Å². The molecule has 0 spiro atoms. The molecule has 0 saturated heterocycles. The van der Waals surface area contributed by atoms with E-state index in [1.165, 1.54) is 25.7 Å². The monoisotopic (exact) mass is 213 g/mol. The Hall–Kier alpha value is -0.570. The van der Waals surface area contributed by atoms with Crippen LogP contribution in [0.3, 0.4) is 0 Å². The molecule has 1 rings (SSSR count). The summed E-state index contributed by atoms with van der Waals surface area (Å²) in [5, 5.41) is 3.32. The van der Waals surface area contributed by atoms with Crippen LogP contribution < -0.4 is 5.32 Å². The second-order valence-corrected chi connectivity index (χ2v) is 4.35. The summed E-state index contributed by atoms with van der Waals surface area (Å²) in [4.78, 5) is 11.2. The maximum Gasteiger partial charge on any atom is 0.305 e. The van der Waals surface area contributed by atoms with Crippen LogP contribution in [0.5, 0.6) is 0 Å². The molecule has 0 bridgehead atoms. The van der Waals surface area contributed by atoms with E-state index < -0.39 is 0 Å². The number of carbonyl (C=O) groups is 1. The zero-order valence-electron chi connectivity index (χ0n) is 9.92. The Morgan fingerprint density at radius 2 is 2.00 bits per heavy atom. The van der Waals surface area contributed by atoms with Gasteiger partial charge in [0.1, 0.15) is 0 Å². The molecule has 0 atom stereocenters. The molecule has 0 aromatic carbocycles. The van der Waals surface area contributed by atoms with Crippen molar-refractivity contribution in [2.24, 2.45) is 5.92 Å². The van der Waals surface area contributed by atoms with Gasteiger partial charge in [-0.1, -0.05) is 0 Å². The van der Waals surface area contributed by atoms with Crippen molar-refractivity contribution in [2.45, 2.75) is 51.5 Å². The van der Waals surface area contributed by atoms with E-state index in [1.54, 1.807) is 0 Å². The molecule has 15 heavy (non-hydrogen) atoms. The predicted molar refractivity (Wildman–Crippen MR) is 60.7 cm³/mol. The molecule has 3 nitrogen and oxygen atoms in total. The van der Waals surface area contributed by atoms with Crippen LogP contribution in [-0.4, -0.2) is 25.7 Å². The fourth-order valence-corrected chi connectivity index (χ4v) is 2.29. The van der Waals surface area contributed by atoms with Crippen LogP contribution in [0.4, 0.5) is 0 Å². The maximum atomic E-state index is 11.2. The molecule has 3 heteroatoms. The van der Waals surface area contributed by atoms with E-state index in [-0.39, 0.29) is 5.97 Å². The summed E-state index contributed by atoms with van der Waals surface area (Å²) in [7, 11) is 2.03. The molecule has 88 valence electrons. The van der Waals surface area contributed by atoms with E-state index in [0.717, 1.165) is 12.3 Å². The van der Waals surface area contributed by atoms with Gasteiger partial charge in [-0.3, -0.25) is 4.79 Å². The van der Waals surface area contributed by atoms with Gasteiger partial charge in [-0.15, -0.1) is 0 Å². The van der Waals surface area contributed by atoms with E-state index in [0.29, 0.717) is 19.1 Å². The average Bonchev–Trinajstić information content (AvgIpc) is 2.27. The van der Waals surface area contributed by atoms with Gasteiger partial charge in [0.2, 0.25) is 0 Å². The lowest BCUT2D eigenvalue weighted by molar-refractivity contribution is -0.143. The molecule has 1 aliphatic rings. The smallest absolute Gasteiger partial charge is 0.305 e. The highest BCUT2D eigenvalue weighted by Gasteiger charge is 2.20. The van der Waals surface area contributed by atoms with Gasteiger partial charge < -0.3 is 10.1 Å². The van der Waals surface area contributed by atoms with Crippen molar-refractivity contribution < 1.29 is 9.53 Å². The summed E-state index contributed by atoms with van der Waals surface area (Å²) in [6, 6.07) is 0.698. The summed E-state index contributed by atoms with van der Waals surface area (Å²) in [5.41, 5.74) is 0. The quantitative estimate of drug-likeness (QED) is 0.711. The topological polar surface area (TPSA) is 38.3 Å². The largest absolute Gasteiger partial charge is 0.466 e. The summed E-state index contributed by atoms with van der Waals surface area (Å²) >= 11 is 0. The van der Waals surface area contributed by atoms with Crippen LogP contribution in [0.25, 0.3) is 0 Å². The normalized spacial score (nSPS) is 26.3. The minimum absolute atomic E-state index is 0.0340. The van der Waals surface area contributed by atoms with Crippen LogP contribution in [0, 0.1) is 5.92 Å². The number of hydrogen-bond acceptors (Lipinski definition) is 3. The Bertz CT molecular complexity index is 186. The van der Waals surface area contributed by atoms with Crippen molar-refractivity contribution in [3.63, 3.8) is 0 Å². The van der Waals surface area contributed by atoms with E-state index in [9.17, 15) is 4.79 Å². The Morgan fingerprint density at radius 3 is 2.53 bits per heavy atom. The van der Waals surface area contributed by atoms with Gasteiger partial charge in [0.25, 0.3) is 0 Å². The average molecular weight is 213 g/mol. The molecule has 0 aromatic rings. The standard InChI is InChI=1S/C12H23NO2/c1-3-15-12(14)9-6-10-4-7-11(13-2)8-5-10/h10-11,13H,3-9H2,1-2H3. The van der Waals surface area contributed by atoms with Crippen molar-refractivity contribution in [2.75, 3.05) is 13.7 Å². The van der Waals surface area contributed by atoms with Crippen LogP contribution in [0.15, 0.2) is 0 Å². The molecule has 1 aliphatic carbocycles. The molecular weight excluding hydrogens is 190 g/mol. The molecule has 1 N–H and O–H groups in total. The van der Waals surface area contributed by atoms with E-state index >= 15 is 0 Å². The first-order valence-corrected chi connectivity index (χ1v) is 6.09. The van der Waals surface area contributed by atoms with E-state index in [1.807, 2.05) is 14.0 Å². The van der Waals surface area contributed by atoms with Crippen molar-refractivity contribution in [3.8, 4) is 0 Å². The summed E-state index contributed by atoms with van der Waals surface area (Å²) in [6.45, 7) is 2.36. The first-order chi connectivity index (χ1) is 7.26.